The van der Waals surface area contributed by atoms with E-state index in [1.807, 2.05) is 6.92 Å². The second-order valence-corrected chi connectivity index (χ2v) is 7.35. The van der Waals surface area contributed by atoms with Crippen LogP contribution in [0.15, 0.2) is 24.3 Å². The number of benzene rings is 1. The van der Waals surface area contributed by atoms with Crippen LogP contribution in [0.1, 0.15) is 36.5 Å². The van der Waals surface area contributed by atoms with Gasteiger partial charge in [0.1, 0.15) is 6.04 Å². The highest BCUT2D eigenvalue weighted by atomic mass is 16.5. The van der Waals surface area contributed by atoms with E-state index >= 15 is 0 Å². The summed E-state index contributed by atoms with van der Waals surface area (Å²) in [5, 5.41) is 8.50. The van der Waals surface area contributed by atoms with Crippen LogP contribution in [0.25, 0.3) is 0 Å². The summed E-state index contributed by atoms with van der Waals surface area (Å²) in [6.07, 6.45) is 1.24. The number of piperazine rings is 1. The van der Waals surface area contributed by atoms with Gasteiger partial charge in [0.2, 0.25) is 11.8 Å². The van der Waals surface area contributed by atoms with E-state index in [-0.39, 0.29) is 37.3 Å². The maximum Gasteiger partial charge on any atom is 0.308 e. The van der Waals surface area contributed by atoms with Crippen LogP contribution in [-0.4, -0.2) is 81.1 Å². The van der Waals surface area contributed by atoms with Crippen molar-refractivity contribution >= 4 is 29.4 Å². The number of methoxy groups -OCH3 is 1. The molecule has 0 bridgehead atoms. The van der Waals surface area contributed by atoms with Crippen LogP contribution in [-0.2, 0) is 23.9 Å². The van der Waals surface area contributed by atoms with Crippen molar-refractivity contribution in [2.75, 3.05) is 51.8 Å². The molecule has 0 aromatic heterocycles. The van der Waals surface area contributed by atoms with Gasteiger partial charge in [-0.3, -0.25) is 19.2 Å². The molecular weight excluding hydrogens is 416 g/mol. The van der Waals surface area contributed by atoms with Crippen LogP contribution in [0.5, 0.6) is 0 Å². The minimum Gasteiger partial charge on any atom is -0.466 e. The van der Waals surface area contributed by atoms with Gasteiger partial charge in [0.25, 0.3) is 5.91 Å². The molecule has 176 valence electrons. The molecule has 0 spiro atoms. The summed E-state index contributed by atoms with van der Waals surface area (Å²) < 4.78 is 10.0. The molecule has 10 nitrogen and oxygen atoms in total. The van der Waals surface area contributed by atoms with Crippen molar-refractivity contribution in [3.63, 3.8) is 0 Å². The highest BCUT2D eigenvalue weighted by Gasteiger charge is 2.34. The number of anilines is 1. The monoisotopic (exact) mass is 448 g/mol. The summed E-state index contributed by atoms with van der Waals surface area (Å²) in [5.41, 5.74) is 1.17. The first-order valence-corrected chi connectivity index (χ1v) is 10.8. The number of nitrogens with one attached hydrogen (secondary N) is 3. The van der Waals surface area contributed by atoms with Crippen molar-refractivity contribution in [1.29, 1.82) is 0 Å². The predicted molar refractivity (Wildman–Crippen MR) is 118 cm³/mol. The number of esters is 1. The van der Waals surface area contributed by atoms with E-state index in [2.05, 4.69) is 16.0 Å². The van der Waals surface area contributed by atoms with Crippen molar-refractivity contribution < 1.29 is 28.7 Å². The van der Waals surface area contributed by atoms with E-state index in [9.17, 15) is 19.2 Å². The fourth-order valence-electron chi connectivity index (χ4n) is 3.19. The number of ether oxygens (including phenoxy) is 2. The molecule has 0 aliphatic carbocycles. The minimum atomic E-state index is -0.883. The van der Waals surface area contributed by atoms with Crippen molar-refractivity contribution in [2.45, 2.75) is 32.2 Å². The average Bonchev–Trinajstić information content (AvgIpc) is 2.80. The lowest BCUT2D eigenvalue weighted by atomic mass is 10.1. The Hall–Kier alpha value is -3.14. The van der Waals surface area contributed by atoms with Gasteiger partial charge < -0.3 is 30.3 Å². The van der Waals surface area contributed by atoms with E-state index in [1.54, 1.807) is 31.4 Å². The highest BCUT2D eigenvalue weighted by Crippen LogP contribution is 2.13. The van der Waals surface area contributed by atoms with Crippen LogP contribution in [0.2, 0.25) is 0 Å². The maximum absolute atomic E-state index is 12.7. The molecular formula is C22H32N4O6. The zero-order valence-corrected chi connectivity index (χ0v) is 18.6. The summed E-state index contributed by atoms with van der Waals surface area (Å²) in [6, 6.07) is 5.87. The quantitative estimate of drug-likeness (QED) is 0.315. The molecule has 1 atom stereocenters. The first-order valence-electron chi connectivity index (χ1n) is 10.8. The van der Waals surface area contributed by atoms with Crippen LogP contribution in [0, 0.1) is 0 Å². The minimum absolute atomic E-state index is 0.0453. The molecule has 3 amide bonds. The third-order valence-corrected chi connectivity index (χ3v) is 4.88. The Labute approximate surface area is 188 Å². The van der Waals surface area contributed by atoms with Crippen LogP contribution in [0.3, 0.4) is 0 Å². The van der Waals surface area contributed by atoms with Crippen molar-refractivity contribution in [2.24, 2.45) is 0 Å². The van der Waals surface area contributed by atoms with Crippen LogP contribution in [0.4, 0.5) is 5.69 Å². The van der Waals surface area contributed by atoms with E-state index in [4.69, 9.17) is 9.47 Å². The lowest BCUT2D eigenvalue weighted by Crippen LogP contribution is -2.58. The fourth-order valence-corrected chi connectivity index (χ4v) is 3.19. The Balaban J connectivity index is 1.87. The molecule has 3 N–H and O–H groups in total. The standard InChI is InChI=1S/C22H32N4O6/c1-3-12-32-20(28)14-18-22(30)24-10-11-26(18)19(27)15-25-17-7-5-16(6-8-17)21(29)23-9-4-13-31-2/h5-8,18,25H,3-4,9-15H2,1-2H3,(H,23,29)(H,24,30). The average molecular weight is 449 g/mol. The molecule has 1 aromatic carbocycles. The Morgan fingerprint density at radius 3 is 2.62 bits per heavy atom. The molecule has 10 heteroatoms. The first kappa shape index (κ1) is 25.1. The Kier molecular flexibility index (Phi) is 10.5. The van der Waals surface area contributed by atoms with Gasteiger partial charge in [-0.25, -0.2) is 0 Å². The van der Waals surface area contributed by atoms with Gasteiger partial charge in [-0.15, -0.1) is 0 Å². The van der Waals surface area contributed by atoms with Crippen LogP contribution < -0.4 is 16.0 Å². The Bertz CT molecular complexity index is 783. The number of rotatable bonds is 12. The van der Waals surface area contributed by atoms with Gasteiger partial charge in [-0.05, 0) is 37.1 Å². The molecule has 1 unspecified atom stereocenters. The number of nitrogens with zero attached hydrogens (tertiary/aromatic N) is 1. The third kappa shape index (κ3) is 7.84. The van der Waals surface area contributed by atoms with Gasteiger partial charge in [0.05, 0.1) is 19.6 Å². The lowest BCUT2D eigenvalue weighted by molar-refractivity contribution is -0.151. The second-order valence-electron chi connectivity index (χ2n) is 7.35. The molecule has 1 fully saturated rings. The van der Waals surface area contributed by atoms with Gasteiger partial charge in [0, 0.05) is 44.6 Å². The summed E-state index contributed by atoms with van der Waals surface area (Å²) in [6.45, 7) is 3.87. The molecule has 32 heavy (non-hydrogen) atoms. The molecule has 1 aliphatic heterocycles. The van der Waals surface area contributed by atoms with Crippen molar-refractivity contribution in [1.82, 2.24) is 15.5 Å². The molecule has 1 aromatic rings. The summed E-state index contributed by atoms with van der Waals surface area (Å²) >= 11 is 0. The Morgan fingerprint density at radius 1 is 1.19 bits per heavy atom. The SMILES string of the molecule is CCCOC(=O)CC1C(=O)NCCN1C(=O)CNc1ccc(C(=O)NCCCOC)cc1. The molecule has 1 heterocycles. The second kappa shape index (κ2) is 13.3. The Morgan fingerprint density at radius 2 is 1.94 bits per heavy atom. The fraction of sp³-hybridized carbons (Fsp3) is 0.545. The summed E-state index contributed by atoms with van der Waals surface area (Å²) in [7, 11) is 1.61. The normalized spacial score (nSPS) is 15.6. The number of amides is 3. The van der Waals surface area contributed by atoms with Gasteiger partial charge in [-0.2, -0.15) is 0 Å². The van der Waals surface area contributed by atoms with Gasteiger partial charge in [-0.1, -0.05) is 6.92 Å². The topological polar surface area (TPSA) is 126 Å². The number of hydrogen-bond acceptors (Lipinski definition) is 7. The molecule has 0 radical (unpaired) electrons. The largest absolute Gasteiger partial charge is 0.466 e. The molecule has 2 rings (SSSR count). The molecule has 0 saturated carbocycles. The number of carbonyl (C=O) groups excluding carboxylic acids is 4. The summed E-state index contributed by atoms with van der Waals surface area (Å²) in [4.78, 5) is 50.4. The first-order chi connectivity index (χ1) is 15.5. The van der Waals surface area contributed by atoms with Gasteiger partial charge in [0.15, 0.2) is 0 Å². The van der Waals surface area contributed by atoms with E-state index in [0.717, 1.165) is 6.42 Å². The van der Waals surface area contributed by atoms with E-state index in [1.165, 1.54) is 4.90 Å². The van der Waals surface area contributed by atoms with E-state index < -0.39 is 12.0 Å². The molecule has 1 saturated heterocycles. The lowest BCUT2D eigenvalue weighted by Gasteiger charge is -2.34. The number of hydrogen-bond donors (Lipinski definition) is 3. The van der Waals surface area contributed by atoms with Gasteiger partial charge >= 0.3 is 5.97 Å². The zero-order valence-electron chi connectivity index (χ0n) is 18.6. The van der Waals surface area contributed by atoms with Crippen LogP contribution >= 0.6 is 0 Å². The molecule has 1 aliphatic rings. The smallest absolute Gasteiger partial charge is 0.308 e. The summed E-state index contributed by atoms with van der Waals surface area (Å²) in [5.74, 6) is -1.34. The third-order valence-electron chi connectivity index (χ3n) is 4.88. The maximum atomic E-state index is 12.7. The van der Waals surface area contributed by atoms with E-state index in [0.29, 0.717) is 43.9 Å². The number of carbonyl (C=O) groups is 4. The zero-order chi connectivity index (χ0) is 23.3. The predicted octanol–water partition coefficient (Wildman–Crippen LogP) is 0.535. The van der Waals surface area contributed by atoms with Crippen molar-refractivity contribution in [3.8, 4) is 0 Å². The highest BCUT2D eigenvalue weighted by molar-refractivity contribution is 5.95. The van der Waals surface area contributed by atoms with Crippen molar-refractivity contribution in [3.05, 3.63) is 29.8 Å².